The van der Waals surface area contributed by atoms with Crippen LogP contribution >= 0.6 is 0 Å². The lowest BCUT2D eigenvalue weighted by molar-refractivity contribution is -0.132. The Bertz CT molecular complexity index is 675. The molecule has 1 unspecified atom stereocenters. The van der Waals surface area contributed by atoms with Gasteiger partial charge in [-0.25, -0.2) is 4.39 Å². The Kier molecular flexibility index (Phi) is 5.88. The van der Waals surface area contributed by atoms with E-state index in [4.69, 9.17) is 9.47 Å². The van der Waals surface area contributed by atoms with Gasteiger partial charge in [-0.3, -0.25) is 4.79 Å². The first-order valence-corrected chi connectivity index (χ1v) is 8.55. The summed E-state index contributed by atoms with van der Waals surface area (Å²) < 4.78 is 24.0. The molecule has 1 amide bonds. The van der Waals surface area contributed by atoms with Crippen LogP contribution in [0.3, 0.4) is 0 Å². The molecular formula is C20H22FNO3. The number of carbonyl (C=O) groups is 1. The predicted molar refractivity (Wildman–Crippen MR) is 93.1 cm³/mol. The Morgan fingerprint density at radius 2 is 1.76 bits per heavy atom. The third-order valence-corrected chi connectivity index (χ3v) is 4.35. The van der Waals surface area contributed by atoms with Crippen LogP contribution in [-0.2, 0) is 4.79 Å². The first kappa shape index (κ1) is 17.3. The molecule has 2 aromatic carbocycles. The van der Waals surface area contributed by atoms with Crippen LogP contribution < -0.4 is 9.47 Å². The summed E-state index contributed by atoms with van der Waals surface area (Å²) in [5, 5.41) is 0. The van der Waals surface area contributed by atoms with Crippen LogP contribution in [0.2, 0.25) is 0 Å². The van der Waals surface area contributed by atoms with Crippen molar-refractivity contribution in [3.8, 4) is 11.5 Å². The molecule has 0 N–H and O–H groups in total. The maximum Gasteiger partial charge on any atom is 0.260 e. The molecule has 0 saturated carbocycles. The maximum absolute atomic E-state index is 12.8. The average Bonchev–Trinajstić information content (AvgIpc) is 3.11. The molecule has 1 atom stereocenters. The number of nitrogens with zero attached hydrogens (tertiary/aromatic N) is 1. The topological polar surface area (TPSA) is 38.8 Å². The van der Waals surface area contributed by atoms with Crippen LogP contribution in [0.15, 0.2) is 54.6 Å². The van der Waals surface area contributed by atoms with Crippen molar-refractivity contribution in [2.45, 2.75) is 12.8 Å². The van der Waals surface area contributed by atoms with E-state index in [1.165, 1.54) is 12.1 Å². The summed E-state index contributed by atoms with van der Waals surface area (Å²) in [7, 11) is 0. The number of halogens is 1. The zero-order valence-electron chi connectivity index (χ0n) is 14.1. The van der Waals surface area contributed by atoms with Crippen LogP contribution in [0.4, 0.5) is 4.39 Å². The fourth-order valence-corrected chi connectivity index (χ4v) is 2.92. The Hall–Kier alpha value is -2.56. The minimum atomic E-state index is -0.269. The molecule has 3 rings (SSSR count). The lowest BCUT2D eigenvalue weighted by Crippen LogP contribution is -2.33. The molecule has 132 valence electrons. The van der Waals surface area contributed by atoms with E-state index in [1.54, 1.807) is 12.1 Å². The maximum atomic E-state index is 12.8. The molecule has 0 bridgehead atoms. The van der Waals surface area contributed by atoms with Gasteiger partial charge in [0.2, 0.25) is 0 Å². The third-order valence-electron chi connectivity index (χ3n) is 4.35. The smallest absolute Gasteiger partial charge is 0.260 e. The van der Waals surface area contributed by atoms with Gasteiger partial charge in [-0.1, -0.05) is 18.2 Å². The fraction of sp³-hybridized carbons (Fsp3) is 0.350. The molecule has 0 aromatic heterocycles. The van der Waals surface area contributed by atoms with Gasteiger partial charge in [0, 0.05) is 13.1 Å². The highest BCUT2D eigenvalue weighted by molar-refractivity contribution is 5.78. The van der Waals surface area contributed by atoms with Gasteiger partial charge in [-0.05, 0) is 55.2 Å². The van der Waals surface area contributed by atoms with E-state index in [0.717, 1.165) is 25.9 Å². The normalized spacial score (nSPS) is 16.7. The number of benzene rings is 2. The highest BCUT2D eigenvalue weighted by atomic mass is 19.1. The summed E-state index contributed by atoms with van der Waals surface area (Å²) in [6.45, 7) is 2.14. The Labute approximate surface area is 147 Å². The van der Waals surface area contributed by atoms with Crippen LogP contribution in [0.1, 0.15) is 12.8 Å². The first-order chi connectivity index (χ1) is 12.2. The standard InChI is InChI=1S/C20H22FNO3/c21-17-6-8-19(9-7-17)24-13-11-16-10-12-22(14-16)20(23)15-25-18-4-2-1-3-5-18/h1-9,16H,10-15H2. The number of carbonyl (C=O) groups excluding carboxylic acids is 1. The minimum absolute atomic E-state index is 0.0193. The molecule has 0 radical (unpaired) electrons. The third kappa shape index (κ3) is 5.21. The molecule has 4 nitrogen and oxygen atoms in total. The second kappa shape index (κ2) is 8.51. The quantitative estimate of drug-likeness (QED) is 0.772. The Balaban J connectivity index is 1.36. The van der Waals surface area contributed by atoms with E-state index < -0.39 is 0 Å². The van der Waals surface area contributed by atoms with E-state index in [0.29, 0.717) is 24.0 Å². The molecule has 0 aliphatic carbocycles. The number of para-hydroxylation sites is 1. The minimum Gasteiger partial charge on any atom is -0.494 e. The summed E-state index contributed by atoms with van der Waals surface area (Å²) in [6, 6.07) is 15.4. The van der Waals surface area contributed by atoms with Crippen LogP contribution in [0.5, 0.6) is 11.5 Å². The van der Waals surface area contributed by atoms with Gasteiger partial charge in [0.15, 0.2) is 6.61 Å². The largest absolute Gasteiger partial charge is 0.494 e. The van der Waals surface area contributed by atoms with Gasteiger partial charge < -0.3 is 14.4 Å². The van der Waals surface area contributed by atoms with E-state index >= 15 is 0 Å². The van der Waals surface area contributed by atoms with Crippen LogP contribution in [0, 0.1) is 11.7 Å². The number of hydrogen-bond acceptors (Lipinski definition) is 3. The van der Waals surface area contributed by atoms with Crippen molar-refractivity contribution in [1.29, 1.82) is 0 Å². The van der Waals surface area contributed by atoms with Crippen molar-refractivity contribution in [2.75, 3.05) is 26.3 Å². The molecule has 2 aromatic rings. The molecule has 1 aliphatic heterocycles. The number of amides is 1. The highest BCUT2D eigenvalue weighted by Crippen LogP contribution is 2.21. The van der Waals surface area contributed by atoms with Crippen molar-refractivity contribution in [3.05, 3.63) is 60.4 Å². The summed E-state index contributed by atoms with van der Waals surface area (Å²) in [6.07, 6.45) is 1.85. The fourth-order valence-electron chi connectivity index (χ4n) is 2.92. The van der Waals surface area contributed by atoms with E-state index in [9.17, 15) is 9.18 Å². The van der Waals surface area contributed by atoms with Crippen molar-refractivity contribution in [1.82, 2.24) is 4.90 Å². The van der Waals surface area contributed by atoms with Gasteiger partial charge in [0.05, 0.1) is 6.61 Å². The number of ether oxygens (including phenoxy) is 2. The van der Waals surface area contributed by atoms with Gasteiger partial charge in [-0.2, -0.15) is 0 Å². The van der Waals surface area contributed by atoms with Crippen LogP contribution in [0.25, 0.3) is 0 Å². The second-order valence-corrected chi connectivity index (χ2v) is 6.19. The monoisotopic (exact) mass is 343 g/mol. The van der Waals surface area contributed by atoms with Crippen molar-refractivity contribution >= 4 is 5.91 Å². The van der Waals surface area contributed by atoms with E-state index in [1.807, 2.05) is 35.2 Å². The Morgan fingerprint density at radius 1 is 1.04 bits per heavy atom. The summed E-state index contributed by atoms with van der Waals surface area (Å²) in [5.41, 5.74) is 0. The molecule has 1 saturated heterocycles. The summed E-state index contributed by atoms with van der Waals surface area (Å²) >= 11 is 0. The average molecular weight is 343 g/mol. The molecule has 5 heteroatoms. The van der Waals surface area contributed by atoms with Gasteiger partial charge in [0.1, 0.15) is 17.3 Å². The molecule has 0 spiro atoms. The zero-order chi connectivity index (χ0) is 17.5. The van der Waals surface area contributed by atoms with Crippen molar-refractivity contribution in [2.24, 2.45) is 5.92 Å². The summed E-state index contributed by atoms with van der Waals surface area (Å²) in [4.78, 5) is 14.1. The van der Waals surface area contributed by atoms with Gasteiger partial charge in [0.25, 0.3) is 5.91 Å². The van der Waals surface area contributed by atoms with Crippen LogP contribution in [-0.4, -0.2) is 37.1 Å². The van der Waals surface area contributed by atoms with Gasteiger partial charge in [-0.15, -0.1) is 0 Å². The zero-order valence-corrected chi connectivity index (χ0v) is 14.1. The first-order valence-electron chi connectivity index (χ1n) is 8.55. The molecule has 25 heavy (non-hydrogen) atoms. The van der Waals surface area contributed by atoms with Crippen molar-refractivity contribution in [3.63, 3.8) is 0 Å². The second-order valence-electron chi connectivity index (χ2n) is 6.19. The SMILES string of the molecule is O=C(COc1ccccc1)N1CCC(CCOc2ccc(F)cc2)C1. The summed E-state index contributed by atoms with van der Waals surface area (Å²) in [5.74, 6) is 1.56. The number of likely N-dealkylation sites (tertiary alicyclic amines) is 1. The van der Waals surface area contributed by atoms with E-state index in [-0.39, 0.29) is 18.3 Å². The molecule has 1 aliphatic rings. The molecule has 1 heterocycles. The highest BCUT2D eigenvalue weighted by Gasteiger charge is 2.26. The lowest BCUT2D eigenvalue weighted by atomic mass is 10.1. The lowest BCUT2D eigenvalue weighted by Gasteiger charge is -2.17. The van der Waals surface area contributed by atoms with Gasteiger partial charge >= 0.3 is 0 Å². The van der Waals surface area contributed by atoms with E-state index in [2.05, 4.69) is 0 Å². The predicted octanol–water partition coefficient (Wildman–Crippen LogP) is 3.52. The Morgan fingerprint density at radius 3 is 2.52 bits per heavy atom. The molecular weight excluding hydrogens is 321 g/mol. The number of hydrogen-bond donors (Lipinski definition) is 0. The molecule has 1 fully saturated rings. The van der Waals surface area contributed by atoms with Crippen molar-refractivity contribution < 1.29 is 18.7 Å². The number of rotatable bonds is 7.